The molecule has 0 saturated carbocycles. The first-order chi connectivity index (χ1) is 7.61. The summed E-state index contributed by atoms with van der Waals surface area (Å²) in [4.78, 5) is 0. The fourth-order valence-corrected chi connectivity index (χ4v) is 1.66. The van der Waals surface area contributed by atoms with Crippen molar-refractivity contribution < 1.29 is 9.31 Å². The van der Waals surface area contributed by atoms with Gasteiger partial charge in [-0.3, -0.25) is 0 Å². The molecule has 1 aromatic carbocycles. The second kappa shape index (κ2) is 4.33. The largest absolute Gasteiger partial charge is 0.493 e. The van der Waals surface area contributed by atoms with Gasteiger partial charge in [0.15, 0.2) is 0 Å². The Kier molecular flexibility index (Phi) is 3.04. The van der Waals surface area contributed by atoms with Crippen molar-refractivity contribution >= 4 is 12.6 Å². The topological polar surface area (TPSA) is 18.5 Å². The molecule has 1 saturated heterocycles. The zero-order chi connectivity index (χ0) is 11.6. The van der Waals surface area contributed by atoms with Gasteiger partial charge in [0.05, 0.1) is 0 Å². The molecule has 1 fully saturated rings. The van der Waals surface area contributed by atoms with Crippen molar-refractivity contribution in [2.75, 3.05) is 13.2 Å². The predicted molar refractivity (Wildman–Crippen MR) is 65.5 cm³/mol. The first-order valence-electron chi connectivity index (χ1n) is 5.40. The van der Waals surface area contributed by atoms with Crippen LogP contribution in [-0.4, -0.2) is 20.3 Å². The molecular weight excluding hydrogens is 199 g/mol. The molecule has 1 aliphatic rings. The summed E-state index contributed by atoms with van der Waals surface area (Å²) >= 11 is 0. The summed E-state index contributed by atoms with van der Waals surface area (Å²) in [5.41, 5.74) is 1.95. The second-order valence-corrected chi connectivity index (χ2v) is 4.89. The lowest BCUT2D eigenvalue weighted by molar-refractivity contribution is 0.0343. The van der Waals surface area contributed by atoms with Gasteiger partial charge in [0.25, 0.3) is 0 Å². The van der Waals surface area contributed by atoms with Crippen LogP contribution in [0, 0.1) is 17.8 Å². The number of hydrogen-bond acceptors (Lipinski definition) is 2. The summed E-state index contributed by atoms with van der Waals surface area (Å²) < 4.78 is 11.4. The summed E-state index contributed by atoms with van der Waals surface area (Å²) in [5.74, 6) is 2.61. The van der Waals surface area contributed by atoms with Gasteiger partial charge in [-0.05, 0) is 17.6 Å². The maximum absolute atomic E-state index is 5.69. The molecule has 0 aromatic heterocycles. The molecule has 1 aliphatic heterocycles. The highest BCUT2D eigenvalue weighted by molar-refractivity contribution is 6.61. The van der Waals surface area contributed by atoms with E-state index in [4.69, 9.17) is 15.7 Å². The molecule has 0 bridgehead atoms. The number of rotatable bonds is 1. The third-order valence-electron chi connectivity index (χ3n) is 2.58. The molecular formula is C13H15BO2. The Bertz CT molecular complexity index is 410. The van der Waals surface area contributed by atoms with E-state index < -0.39 is 0 Å². The standard InChI is InChI=1S/C13H15BO2/c1-4-11-6-5-7-12(8-11)14-15-9-13(2,3)10-16-14/h1,5-8H,9-10H2,2-3H3. The normalized spacial score (nSPS) is 19.2. The second-order valence-electron chi connectivity index (χ2n) is 4.89. The molecule has 3 heteroatoms. The lowest BCUT2D eigenvalue weighted by atomic mass is 9.75. The van der Waals surface area contributed by atoms with Crippen molar-refractivity contribution in [1.82, 2.24) is 0 Å². The molecule has 16 heavy (non-hydrogen) atoms. The molecule has 2 nitrogen and oxygen atoms in total. The van der Waals surface area contributed by atoms with Crippen molar-refractivity contribution in [3.63, 3.8) is 0 Å². The van der Waals surface area contributed by atoms with Crippen LogP contribution in [0.5, 0.6) is 0 Å². The SMILES string of the molecule is C#Cc1cccc(B2OCC(C)(C)CO2)c1. The van der Waals surface area contributed by atoms with E-state index in [1.807, 2.05) is 24.3 Å². The summed E-state index contributed by atoms with van der Waals surface area (Å²) in [6, 6.07) is 7.74. The van der Waals surface area contributed by atoms with Gasteiger partial charge in [0.2, 0.25) is 0 Å². The monoisotopic (exact) mass is 214 g/mol. The minimum absolute atomic E-state index is 0.0974. The molecule has 2 rings (SSSR count). The smallest absolute Gasteiger partial charge is 0.407 e. The summed E-state index contributed by atoms with van der Waals surface area (Å²) in [6.45, 7) is 5.66. The van der Waals surface area contributed by atoms with Gasteiger partial charge in [-0.1, -0.05) is 31.9 Å². The molecule has 0 atom stereocenters. The lowest BCUT2D eigenvalue weighted by Crippen LogP contribution is -2.47. The van der Waals surface area contributed by atoms with Crippen LogP contribution in [-0.2, 0) is 9.31 Å². The van der Waals surface area contributed by atoms with Crippen LogP contribution in [0.1, 0.15) is 19.4 Å². The van der Waals surface area contributed by atoms with Gasteiger partial charge in [0, 0.05) is 24.2 Å². The highest BCUT2D eigenvalue weighted by Crippen LogP contribution is 2.21. The Labute approximate surface area is 97.1 Å². The number of terminal acetylenes is 1. The van der Waals surface area contributed by atoms with Gasteiger partial charge in [-0.2, -0.15) is 0 Å². The maximum Gasteiger partial charge on any atom is 0.493 e. The van der Waals surface area contributed by atoms with Gasteiger partial charge in [0.1, 0.15) is 0 Å². The molecule has 0 N–H and O–H groups in total. The van der Waals surface area contributed by atoms with E-state index in [-0.39, 0.29) is 12.5 Å². The van der Waals surface area contributed by atoms with Crippen LogP contribution in [0.25, 0.3) is 0 Å². The minimum atomic E-state index is -0.277. The Morgan fingerprint density at radius 2 is 2.00 bits per heavy atom. The first kappa shape index (κ1) is 11.3. The van der Waals surface area contributed by atoms with Crippen molar-refractivity contribution in [2.24, 2.45) is 5.41 Å². The zero-order valence-corrected chi connectivity index (χ0v) is 9.69. The predicted octanol–water partition coefficient (Wildman–Crippen LogP) is 1.44. The summed E-state index contributed by atoms with van der Waals surface area (Å²) in [5, 5.41) is 0. The Hall–Kier alpha value is -1.24. The molecule has 82 valence electrons. The van der Waals surface area contributed by atoms with Gasteiger partial charge in [-0.15, -0.1) is 6.42 Å². The van der Waals surface area contributed by atoms with Crippen molar-refractivity contribution in [2.45, 2.75) is 13.8 Å². The Morgan fingerprint density at radius 3 is 2.62 bits per heavy atom. The van der Waals surface area contributed by atoms with Crippen LogP contribution in [0.3, 0.4) is 0 Å². The maximum atomic E-state index is 5.69. The molecule has 0 radical (unpaired) electrons. The average molecular weight is 214 g/mol. The highest BCUT2D eigenvalue weighted by atomic mass is 16.6. The van der Waals surface area contributed by atoms with Crippen LogP contribution in [0.2, 0.25) is 0 Å². The highest BCUT2D eigenvalue weighted by Gasteiger charge is 2.33. The van der Waals surface area contributed by atoms with E-state index in [0.29, 0.717) is 13.2 Å². The molecule has 0 aliphatic carbocycles. The van der Waals surface area contributed by atoms with E-state index in [0.717, 1.165) is 11.0 Å². The quantitative estimate of drug-likeness (QED) is 0.520. The zero-order valence-electron chi connectivity index (χ0n) is 9.69. The third-order valence-corrected chi connectivity index (χ3v) is 2.58. The summed E-state index contributed by atoms with van der Waals surface area (Å²) in [7, 11) is -0.277. The van der Waals surface area contributed by atoms with Gasteiger partial charge >= 0.3 is 7.12 Å². The van der Waals surface area contributed by atoms with Crippen molar-refractivity contribution in [3.05, 3.63) is 29.8 Å². The van der Waals surface area contributed by atoms with Crippen LogP contribution < -0.4 is 5.46 Å². The molecule has 1 aromatic rings. The van der Waals surface area contributed by atoms with Crippen LogP contribution in [0.15, 0.2) is 24.3 Å². The Balaban J connectivity index is 2.11. The fraction of sp³-hybridized carbons (Fsp3) is 0.385. The number of benzene rings is 1. The number of hydrogen-bond donors (Lipinski definition) is 0. The van der Waals surface area contributed by atoms with E-state index in [9.17, 15) is 0 Å². The van der Waals surface area contributed by atoms with Crippen molar-refractivity contribution in [3.8, 4) is 12.3 Å². The third kappa shape index (κ3) is 2.47. The van der Waals surface area contributed by atoms with E-state index >= 15 is 0 Å². The lowest BCUT2D eigenvalue weighted by Gasteiger charge is -2.33. The van der Waals surface area contributed by atoms with Gasteiger partial charge < -0.3 is 9.31 Å². The van der Waals surface area contributed by atoms with E-state index in [2.05, 4.69) is 19.8 Å². The molecule has 0 unspecified atom stereocenters. The first-order valence-corrected chi connectivity index (χ1v) is 5.40. The minimum Gasteiger partial charge on any atom is -0.407 e. The molecule has 0 spiro atoms. The van der Waals surface area contributed by atoms with Crippen LogP contribution in [0.4, 0.5) is 0 Å². The fourth-order valence-electron chi connectivity index (χ4n) is 1.66. The summed E-state index contributed by atoms with van der Waals surface area (Å²) in [6.07, 6.45) is 5.36. The van der Waals surface area contributed by atoms with E-state index in [1.165, 1.54) is 0 Å². The van der Waals surface area contributed by atoms with Crippen molar-refractivity contribution in [1.29, 1.82) is 0 Å². The molecule has 0 amide bonds. The van der Waals surface area contributed by atoms with Gasteiger partial charge in [-0.25, -0.2) is 0 Å². The van der Waals surface area contributed by atoms with Crippen LogP contribution >= 0.6 is 0 Å². The average Bonchev–Trinajstić information content (AvgIpc) is 2.29. The van der Waals surface area contributed by atoms with E-state index in [1.54, 1.807) is 0 Å². The molecule has 1 heterocycles. The Morgan fingerprint density at radius 1 is 1.31 bits per heavy atom.